The topological polar surface area (TPSA) is 9.23 Å². The standard InChI is InChI=1S/C15H14BrClO/c1-10-7-14(8-11(2)15(10)17)18-9-12-3-5-13(16)6-4-12/h3-8H,9H2,1-2H3. The van der Waals surface area contributed by atoms with Crippen LogP contribution in [0.1, 0.15) is 16.7 Å². The minimum atomic E-state index is 0.563. The van der Waals surface area contributed by atoms with Crippen LogP contribution < -0.4 is 4.74 Å². The molecule has 0 aliphatic rings. The van der Waals surface area contributed by atoms with Crippen molar-refractivity contribution in [2.75, 3.05) is 0 Å². The molecule has 18 heavy (non-hydrogen) atoms. The largest absolute Gasteiger partial charge is 0.489 e. The van der Waals surface area contributed by atoms with E-state index in [9.17, 15) is 0 Å². The lowest BCUT2D eigenvalue weighted by atomic mass is 10.1. The fourth-order valence-corrected chi connectivity index (χ4v) is 2.11. The highest BCUT2D eigenvalue weighted by atomic mass is 79.9. The molecule has 2 rings (SSSR count). The van der Waals surface area contributed by atoms with E-state index in [-0.39, 0.29) is 0 Å². The molecule has 0 aromatic heterocycles. The minimum absolute atomic E-state index is 0.563. The molecule has 0 N–H and O–H groups in total. The van der Waals surface area contributed by atoms with Gasteiger partial charge in [0.2, 0.25) is 0 Å². The van der Waals surface area contributed by atoms with Crippen LogP contribution in [0.3, 0.4) is 0 Å². The Morgan fingerprint density at radius 2 is 1.61 bits per heavy atom. The van der Waals surface area contributed by atoms with Gasteiger partial charge in [-0.05, 0) is 54.8 Å². The van der Waals surface area contributed by atoms with Crippen LogP contribution in [0.5, 0.6) is 5.75 Å². The van der Waals surface area contributed by atoms with E-state index in [2.05, 4.69) is 15.9 Å². The Kier molecular flexibility index (Phi) is 4.31. The van der Waals surface area contributed by atoms with E-state index in [1.165, 1.54) is 0 Å². The van der Waals surface area contributed by atoms with Crippen LogP contribution in [0.15, 0.2) is 40.9 Å². The second-order valence-corrected chi connectivity index (χ2v) is 5.58. The van der Waals surface area contributed by atoms with Gasteiger partial charge < -0.3 is 4.74 Å². The number of halogens is 2. The fourth-order valence-electron chi connectivity index (χ4n) is 1.74. The van der Waals surface area contributed by atoms with Crippen molar-refractivity contribution >= 4 is 27.5 Å². The molecule has 3 heteroatoms. The van der Waals surface area contributed by atoms with E-state index < -0.39 is 0 Å². The van der Waals surface area contributed by atoms with Crippen molar-refractivity contribution in [1.29, 1.82) is 0 Å². The molecule has 0 heterocycles. The highest BCUT2D eigenvalue weighted by molar-refractivity contribution is 9.10. The summed E-state index contributed by atoms with van der Waals surface area (Å²) in [5.74, 6) is 0.859. The summed E-state index contributed by atoms with van der Waals surface area (Å²) in [6.07, 6.45) is 0. The maximum Gasteiger partial charge on any atom is 0.120 e. The average Bonchev–Trinajstić information content (AvgIpc) is 2.35. The van der Waals surface area contributed by atoms with E-state index in [1.807, 2.05) is 50.2 Å². The first kappa shape index (κ1) is 13.4. The van der Waals surface area contributed by atoms with Gasteiger partial charge in [0, 0.05) is 9.50 Å². The molecule has 0 aliphatic heterocycles. The van der Waals surface area contributed by atoms with Crippen molar-refractivity contribution in [3.8, 4) is 5.75 Å². The molecule has 0 spiro atoms. The smallest absolute Gasteiger partial charge is 0.120 e. The second-order valence-electron chi connectivity index (χ2n) is 4.29. The molecule has 0 bridgehead atoms. The highest BCUT2D eigenvalue weighted by Gasteiger charge is 2.03. The summed E-state index contributed by atoms with van der Waals surface area (Å²) in [7, 11) is 0. The molecule has 0 amide bonds. The maximum atomic E-state index is 6.12. The Morgan fingerprint density at radius 1 is 1.06 bits per heavy atom. The van der Waals surface area contributed by atoms with Gasteiger partial charge in [-0.3, -0.25) is 0 Å². The lowest BCUT2D eigenvalue weighted by Gasteiger charge is -2.10. The molecular weight excluding hydrogens is 312 g/mol. The van der Waals surface area contributed by atoms with Gasteiger partial charge in [-0.15, -0.1) is 0 Å². The molecule has 0 radical (unpaired) electrons. The molecule has 0 unspecified atom stereocenters. The van der Waals surface area contributed by atoms with Crippen LogP contribution >= 0.6 is 27.5 Å². The molecule has 94 valence electrons. The van der Waals surface area contributed by atoms with Crippen LogP contribution in [0.4, 0.5) is 0 Å². The molecule has 1 nitrogen and oxygen atoms in total. The number of rotatable bonds is 3. The van der Waals surface area contributed by atoms with Crippen LogP contribution in [-0.4, -0.2) is 0 Å². The van der Waals surface area contributed by atoms with Crippen molar-refractivity contribution in [3.05, 3.63) is 62.6 Å². The Morgan fingerprint density at radius 3 is 2.17 bits per heavy atom. The van der Waals surface area contributed by atoms with Crippen LogP contribution in [-0.2, 0) is 6.61 Å². The SMILES string of the molecule is Cc1cc(OCc2ccc(Br)cc2)cc(C)c1Cl. The molecule has 0 aliphatic carbocycles. The molecule has 2 aromatic rings. The van der Waals surface area contributed by atoms with Gasteiger partial charge in [-0.25, -0.2) is 0 Å². The van der Waals surface area contributed by atoms with Gasteiger partial charge in [0.05, 0.1) is 0 Å². The van der Waals surface area contributed by atoms with E-state index in [1.54, 1.807) is 0 Å². The first-order valence-corrected chi connectivity index (χ1v) is 6.87. The fraction of sp³-hybridized carbons (Fsp3) is 0.200. The third-order valence-electron chi connectivity index (χ3n) is 2.73. The normalized spacial score (nSPS) is 10.4. The monoisotopic (exact) mass is 324 g/mol. The summed E-state index contributed by atoms with van der Waals surface area (Å²) in [4.78, 5) is 0. The summed E-state index contributed by atoms with van der Waals surface area (Å²) in [5.41, 5.74) is 3.23. The lowest BCUT2D eigenvalue weighted by Crippen LogP contribution is -1.96. The predicted octanol–water partition coefficient (Wildman–Crippen LogP) is 5.30. The minimum Gasteiger partial charge on any atom is -0.489 e. The third-order valence-corrected chi connectivity index (χ3v) is 3.85. The van der Waals surface area contributed by atoms with Crippen molar-refractivity contribution in [2.24, 2.45) is 0 Å². The molecule has 2 aromatic carbocycles. The van der Waals surface area contributed by atoms with Crippen molar-refractivity contribution < 1.29 is 4.74 Å². The Balaban J connectivity index is 2.08. The van der Waals surface area contributed by atoms with Gasteiger partial charge in [0.25, 0.3) is 0 Å². The van der Waals surface area contributed by atoms with Crippen molar-refractivity contribution in [1.82, 2.24) is 0 Å². The number of benzene rings is 2. The first-order valence-electron chi connectivity index (χ1n) is 5.70. The molecule has 0 saturated heterocycles. The summed E-state index contributed by atoms with van der Waals surface area (Å²) >= 11 is 9.54. The van der Waals surface area contributed by atoms with Crippen LogP contribution in [0.25, 0.3) is 0 Å². The average molecular weight is 326 g/mol. The zero-order valence-electron chi connectivity index (χ0n) is 10.3. The number of hydrogen-bond donors (Lipinski definition) is 0. The van der Waals surface area contributed by atoms with E-state index in [0.717, 1.165) is 31.9 Å². The second kappa shape index (κ2) is 5.77. The van der Waals surface area contributed by atoms with Gasteiger partial charge in [0.15, 0.2) is 0 Å². The summed E-state index contributed by atoms with van der Waals surface area (Å²) in [6, 6.07) is 12.0. The number of ether oxygens (including phenoxy) is 1. The van der Waals surface area contributed by atoms with Crippen LogP contribution in [0, 0.1) is 13.8 Å². The van der Waals surface area contributed by atoms with Crippen molar-refractivity contribution in [2.45, 2.75) is 20.5 Å². The molecule has 0 atom stereocenters. The Hall–Kier alpha value is -0.990. The quantitative estimate of drug-likeness (QED) is 0.744. The van der Waals surface area contributed by atoms with Gasteiger partial charge in [-0.2, -0.15) is 0 Å². The third kappa shape index (κ3) is 3.27. The highest BCUT2D eigenvalue weighted by Crippen LogP contribution is 2.26. The Bertz CT molecular complexity index is 526. The van der Waals surface area contributed by atoms with Crippen molar-refractivity contribution in [3.63, 3.8) is 0 Å². The first-order chi connectivity index (χ1) is 8.56. The zero-order valence-corrected chi connectivity index (χ0v) is 12.7. The number of hydrogen-bond acceptors (Lipinski definition) is 1. The summed E-state index contributed by atoms with van der Waals surface area (Å²) < 4.78 is 6.85. The zero-order chi connectivity index (χ0) is 13.1. The lowest BCUT2D eigenvalue weighted by molar-refractivity contribution is 0.306. The molecule has 0 saturated carbocycles. The van der Waals surface area contributed by atoms with E-state index in [4.69, 9.17) is 16.3 Å². The number of aryl methyl sites for hydroxylation is 2. The molecule has 0 fully saturated rings. The van der Waals surface area contributed by atoms with Gasteiger partial charge in [0.1, 0.15) is 12.4 Å². The predicted molar refractivity (Wildman–Crippen MR) is 79.4 cm³/mol. The van der Waals surface area contributed by atoms with Gasteiger partial charge >= 0.3 is 0 Å². The van der Waals surface area contributed by atoms with E-state index >= 15 is 0 Å². The summed E-state index contributed by atoms with van der Waals surface area (Å²) in [6.45, 7) is 4.54. The van der Waals surface area contributed by atoms with E-state index in [0.29, 0.717) is 6.61 Å². The molecular formula is C15H14BrClO. The summed E-state index contributed by atoms with van der Waals surface area (Å²) in [5, 5.41) is 0.811. The Labute approximate surface area is 121 Å². The van der Waals surface area contributed by atoms with Gasteiger partial charge in [-0.1, -0.05) is 39.7 Å². The maximum absolute atomic E-state index is 6.12. The van der Waals surface area contributed by atoms with Crippen LogP contribution in [0.2, 0.25) is 5.02 Å².